The van der Waals surface area contributed by atoms with E-state index < -0.39 is 0 Å². The second-order valence-electron chi connectivity index (χ2n) is 2.98. The monoisotopic (exact) mass is 432 g/mol. The number of rotatable bonds is 12. The number of thioether (sulfide) groups is 4. The van der Waals surface area contributed by atoms with Crippen LogP contribution in [0.3, 0.4) is 0 Å². The minimum absolute atomic E-state index is 0.686. The van der Waals surface area contributed by atoms with Crippen molar-refractivity contribution in [1.29, 1.82) is 0 Å². The first-order chi connectivity index (χ1) is 9.26. The molecule has 0 saturated heterocycles. The Hall–Kier alpha value is 3.15. The molecule has 0 spiro atoms. The largest absolute Gasteiger partial charge is 0.179 e. The van der Waals surface area contributed by atoms with Crippen molar-refractivity contribution in [2.75, 3.05) is 49.8 Å². The van der Waals surface area contributed by atoms with Gasteiger partial charge in [0.2, 0.25) is 0 Å². The molecule has 0 nitrogen and oxygen atoms in total. The normalized spacial score (nSPS) is 11.8. The SMILES string of the molecule is SCCSCC(CS)SCCS.SCSCSCS. The molecule has 0 aromatic carbocycles. The summed E-state index contributed by atoms with van der Waals surface area (Å²) in [6, 6.07) is 0. The second kappa shape index (κ2) is 23.4. The molecule has 0 aromatic heterocycles. The van der Waals surface area contributed by atoms with Crippen LogP contribution < -0.4 is 0 Å². The first kappa shape index (κ1) is 24.4. The third kappa shape index (κ3) is 23.5. The van der Waals surface area contributed by atoms with Gasteiger partial charge in [0.1, 0.15) is 0 Å². The van der Waals surface area contributed by atoms with Gasteiger partial charge in [0, 0.05) is 43.5 Å². The molecule has 0 radical (unpaired) electrons. The van der Waals surface area contributed by atoms with Gasteiger partial charge in [-0.25, -0.2) is 0 Å². The molecular weight excluding hydrogens is 409 g/mol. The van der Waals surface area contributed by atoms with Crippen molar-refractivity contribution in [2.24, 2.45) is 0 Å². The molecule has 0 saturated carbocycles. The minimum Gasteiger partial charge on any atom is -0.179 e. The fourth-order valence-electron chi connectivity index (χ4n) is 0.786. The molecule has 0 aromatic rings. The molecular formula is C10H24S9. The molecule has 0 aliphatic rings. The summed E-state index contributed by atoms with van der Waals surface area (Å²) in [4.78, 5) is 0. The smallest absolute Gasteiger partial charge is 0.0408 e. The Bertz CT molecular complexity index is 143. The Morgan fingerprint density at radius 3 is 1.74 bits per heavy atom. The summed E-state index contributed by atoms with van der Waals surface area (Å²) in [6.07, 6.45) is 0. The van der Waals surface area contributed by atoms with Gasteiger partial charge < -0.3 is 0 Å². The van der Waals surface area contributed by atoms with E-state index in [1.54, 1.807) is 0 Å². The van der Waals surface area contributed by atoms with Gasteiger partial charge in [-0.2, -0.15) is 86.7 Å². The van der Waals surface area contributed by atoms with E-state index in [2.05, 4.69) is 63.1 Å². The van der Waals surface area contributed by atoms with Gasteiger partial charge in [-0.3, -0.25) is 0 Å². The van der Waals surface area contributed by atoms with Crippen molar-refractivity contribution in [3.8, 4) is 0 Å². The fourth-order valence-corrected chi connectivity index (χ4v) is 6.41. The highest BCUT2D eigenvalue weighted by Gasteiger charge is 2.05. The van der Waals surface area contributed by atoms with E-state index in [1.165, 1.54) is 5.75 Å². The lowest BCUT2D eigenvalue weighted by molar-refractivity contribution is 1.15. The summed E-state index contributed by atoms with van der Waals surface area (Å²) in [5.74, 6) is 6.39. The maximum absolute atomic E-state index is 4.31. The van der Waals surface area contributed by atoms with Crippen LogP contribution in [0.4, 0.5) is 0 Å². The van der Waals surface area contributed by atoms with Crippen LogP contribution in [-0.2, 0) is 0 Å². The Kier molecular flexibility index (Phi) is 30.1. The highest BCUT2D eigenvalue weighted by atomic mass is 32.2. The molecule has 0 rings (SSSR count). The number of thiol groups is 5. The lowest BCUT2D eigenvalue weighted by Crippen LogP contribution is -2.10. The summed E-state index contributed by atoms with van der Waals surface area (Å²) in [6.45, 7) is 0. The van der Waals surface area contributed by atoms with Crippen LogP contribution in [-0.4, -0.2) is 55.0 Å². The van der Waals surface area contributed by atoms with Crippen molar-refractivity contribution >= 4 is 110 Å². The van der Waals surface area contributed by atoms with Gasteiger partial charge in [0.15, 0.2) is 0 Å². The lowest BCUT2D eigenvalue weighted by atomic mass is 10.5. The molecule has 0 heterocycles. The zero-order valence-electron chi connectivity index (χ0n) is 10.8. The zero-order chi connectivity index (χ0) is 14.8. The molecule has 0 aliphatic heterocycles. The zero-order valence-corrected chi connectivity index (χ0v) is 18.5. The number of hydrogen-bond acceptors (Lipinski definition) is 9. The van der Waals surface area contributed by atoms with Crippen LogP contribution in [0.1, 0.15) is 0 Å². The molecule has 0 aliphatic carbocycles. The van der Waals surface area contributed by atoms with Crippen LogP contribution in [0.15, 0.2) is 0 Å². The van der Waals surface area contributed by atoms with Crippen molar-refractivity contribution < 1.29 is 0 Å². The van der Waals surface area contributed by atoms with Gasteiger partial charge in [-0.15, -0.1) is 23.5 Å². The maximum Gasteiger partial charge on any atom is 0.0408 e. The van der Waals surface area contributed by atoms with E-state index in [0.717, 1.165) is 44.0 Å². The molecule has 1 unspecified atom stereocenters. The Labute approximate surface area is 163 Å². The van der Waals surface area contributed by atoms with E-state index in [0.29, 0.717) is 5.25 Å². The molecule has 1 atom stereocenters. The molecule has 0 N–H and O–H groups in total. The molecule has 19 heavy (non-hydrogen) atoms. The average molecular weight is 433 g/mol. The molecule has 9 heteroatoms. The predicted octanol–water partition coefficient (Wildman–Crippen LogP) is 4.80. The first-order valence-corrected chi connectivity index (χ1v) is 13.3. The van der Waals surface area contributed by atoms with E-state index in [-0.39, 0.29) is 0 Å². The van der Waals surface area contributed by atoms with Gasteiger partial charge in [-0.1, -0.05) is 0 Å². The number of hydrogen-bond donors (Lipinski definition) is 5. The van der Waals surface area contributed by atoms with Gasteiger partial charge in [0.25, 0.3) is 0 Å². The van der Waals surface area contributed by atoms with Crippen LogP contribution in [0, 0.1) is 0 Å². The van der Waals surface area contributed by atoms with E-state index in [1.807, 2.05) is 47.0 Å². The molecule has 118 valence electrons. The van der Waals surface area contributed by atoms with Gasteiger partial charge in [0.05, 0.1) is 0 Å². The van der Waals surface area contributed by atoms with E-state index >= 15 is 0 Å². The van der Waals surface area contributed by atoms with Crippen LogP contribution in [0.2, 0.25) is 0 Å². The summed E-state index contributed by atoms with van der Waals surface area (Å²) < 4.78 is 0. The minimum atomic E-state index is 0.686. The summed E-state index contributed by atoms with van der Waals surface area (Å²) in [5.41, 5.74) is 0. The molecule has 0 fully saturated rings. The van der Waals surface area contributed by atoms with E-state index in [9.17, 15) is 0 Å². The summed E-state index contributed by atoms with van der Waals surface area (Å²) >= 11 is 28.3. The van der Waals surface area contributed by atoms with Gasteiger partial charge in [-0.05, 0) is 11.5 Å². The highest BCUT2D eigenvalue weighted by Crippen LogP contribution is 2.18. The van der Waals surface area contributed by atoms with Crippen molar-refractivity contribution in [1.82, 2.24) is 0 Å². The molecule has 0 amide bonds. The Morgan fingerprint density at radius 2 is 1.32 bits per heavy atom. The van der Waals surface area contributed by atoms with Crippen molar-refractivity contribution in [3.05, 3.63) is 0 Å². The quantitative estimate of drug-likeness (QED) is 0.171. The fraction of sp³-hybridized carbons (Fsp3) is 1.00. The third-order valence-corrected chi connectivity index (χ3v) is 8.66. The second-order valence-corrected chi connectivity index (χ2v) is 10.6. The maximum atomic E-state index is 4.31. The highest BCUT2D eigenvalue weighted by molar-refractivity contribution is 8.22. The van der Waals surface area contributed by atoms with Crippen molar-refractivity contribution in [2.45, 2.75) is 5.25 Å². The van der Waals surface area contributed by atoms with Crippen LogP contribution in [0.25, 0.3) is 0 Å². The third-order valence-electron chi connectivity index (χ3n) is 1.54. The Morgan fingerprint density at radius 1 is 0.737 bits per heavy atom. The average Bonchev–Trinajstić information content (AvgIpc) is 2.44. The topological polar surface area (TPSA) is 0 Å². The lowest BCUT2D eigenvalue weighted by Gasteiger charge is -2.12. The summed E-state index contributed by atoms with van der Waals surface area (Å²) in [5, 5.41) is 3.64. The molecule has 0 bridgehead atoms. The Balaban J connectivity index is 0. The summed E-state index contributed by atoms with van der Waals surface area (Å²) in [7, 11) is 0. The van der Waals surface area contributed by atoms with Crippen LogP contribution >= 0.6 is 110 Å². The van der Waals surface area contributed by atoms with Gasteiger partial charge >= 0.3 is 0 Å². The van der Waals surface area contributed by atoms with Crippen LogP contribution in [0.5, 0.6) is 0 Å². The standard InChI is InChI=1S/C7H16S5.C3H8S4/c8-1-3-11-6-7(5-10)12-4-2-9;4-1-6-3-7-2-5/h7-10H,1-6H2;4-5H,1-3H2. The predicted molar refractivity (Wildman–Crippen MR) is 123 cm³/mol. The van der Waals surface area contributed by atoms with Crippen molar-refractivity contribution in [3.63, 3.8) is 0 Å². The first-order valence-electron chi connectivity index (χ1n) is 5.65. The van der Waals surface area contributed by atoms with E-state index in [4.69, 9.17) is 0 Å².